The highest BCUT2D eigenvalue weighted by Crippen LogP contribution is 2.30. The quantitative estimate of drug-likeness (QED) is 0.866. The molecule has 0 aliphatic heterocycles. The van der Waals surface area contributed by atoms with Crippen LogP contribution in [0.25, 0.3) is 11.3 Å². The van der Waals surface area contributed by atoms with Gasteiger partial charge < -0.3 is 14.9 Å². The van der Waals surface area contributed by atoms with Gasteiger partial charge in [-0.1, -0.05) is 12.1 Å². The van der Waals surface area contributed by atoms with Crippen molar-refractivity contribution in [2.45, 2.75) is 0 Å². The third kappa shape index (κ3) is 2.24. The van der Waals surface area contributed by atoms with E-state index >= 15 is 0 Å². The molecule has 0 atom stereocenters. The molecule has 0 spiro atoms. The van der Waals surface area contributed by atoms with Crippen LogP contribution in [-0.4, -0.2) is 28.3 Å². The predicted molar refractivity (Wildman–Crippen MR) is 64.8 cm³/mol. The molecule has 0 fully saturated rings. The first-order valence-electron chi connectivity index (χ1n) is 5.19. The first-order valence-corrected chi connectivity index (χ1v) is 5.19. The Bertz CT molecular complexity index is 595. The van der Waals surface area contributed by atoms with Crippen LogP contribution in [0.5, 0.6) is 11.5 Å². The van der Waals surface area contributed by atoms with Crippen LogP contribution in [0.2, 0.25) is 0 Å². The molecule has 0 unspecified atom stereocenters. The molecule has 0 saturated carbocycles. The van der Waals surface area contributed by atoms with Gasteiger partial charge in [0.2, 0.25) is 0 Å². The summed E-state index contributed by atoms with van der Waals surface area (Å²) in [7, 11) is 1.48. The lowest BCUT2D eigenvalue weighted by Gasteiger charge is -2.08. The van der Waals surface area contributed by atoms with Gasteiger partial charge in [0.05, 0.1) is 7.11 Å². The molecule has 0 bridgehead atoms. The van der Waals surface area contributed by atoms with E-state index < -0.39 is 5.97 Å². The Morgan fingerprint density at radius 2 is 2.06 bits per heavy atom. The average molecular weight is 245 g/mol. The maximum atomic E-state index is 10.9. The van der Waals surface area contributed by atoms with Crippen molar-refractivity contribution in [2.24, 2.45) is 0 Å². The van der Waals surface area contributed by atoms with E-state index in [9.17, 15) is 9.90 Å². The van der Waals surface area contributed by atoms with E-state index in [1.807, 2.05) is 0 Å². The van der Waals surface area contributed by atoms with Crippen molar-refractivity contribution in [1.82, 2.24) is 4.98 Å². The number of phenols is 1. The molecule has 1 aromatic carbocycles. The molecular weight excluding hydrogens is 234 g/mol. The molecule has 0 saturated heterocycles. The Labute approximate surface area is 103 Å². The van der Waals surface area contributed by atoms with Crippen LogP contribution in [0.15, 0.2) is 36.4 Å². The van der Waals surface area contributed by atoms with Gasteiger partial charge in [-0.25, -0.2) is 9.78 Å². The third-order valence-electron chi connectivity index (χ3n) is 2.42. The summed E-state index contributed by atoms with van der Waals surface area (Å²) in [6.07, 6.45) is 0. The number of aromatic carboxylic acids is 1. The van der Waals surface area contributed by atoms with Crippen molar-refractivity contribution in [2.75, 3.05) is 7.11 Å². The van der Waals surface area contributed by atoms with Gasteiger partial charge in [-0.2, -0.15) is 0 Å². The number of hydrogen-bond acceptors (Lipinski definition) is 4. The number of aromatic nitrogens is 1. The molecule has 0 aliphatic carbocycles. The SMILES string of the molecule is COc1ccc(C(=O)O)nc1-c1cccc(O)c1. The standard InChI is InChI=1S/C13H11NO4/c1-18-11-6-5-10(13(16)17)14-12(11)8-3-2-4-9(15)7-8/h2-7,15H,1H3,(H,16,17). The Kier molecular flexibility index (Phi) is 3.14. The lowest BCUT2D eigenvalue weighted by molar-refractivity contribution is 0.0690. The van der Waals surface area contributed by atoms with Crippen LogP contribution in [0.4, 0.5) is 0 Å². The van der Waals surface area contributed by atoms with Crippen LogP contribution in [0.1, 0.15) is 10.5 Å². The number of rotatable bonds is 3. The van der Waals surface area contributed by atoms with E-state index in [1.165, 1.54) is 31.4 Å². The van der Waals surface area contributed by atoms with Crippen molar-refractivity contribution in [3.05, 3.63) is 42.1 Å². The summed E-state index contributed by atoms with van der Waals surface area (Å²) >= 11 is 0. The highest BCUT2D eigenvalue weighted by atomic mass is 16.5. The fraction of sp³-hybridized carbons (Fsp3) is 0.0769. The van der Waals surface area contributed by atoms with Crippen molar-refractivity contribution in [3.8, 4) is 22.8 Å². The lowest BCUT2D eigenvalue weighted by atomic mass is 10.1. The normalized spacial score (nSPS) is 10.1. The molecule has 0 radical (unpaired) electrons. The zero-order valence-electron chi connectivity index (χ0n) is 9.62. The zero-order valence-corrected chi connectivity index (χ0v) is 9.62. The highest BCUT2D eigenvalue weighted by Gasteiger charge is 2.12. The van der Waals surface area contributed by atoms with Gasteiger partial charge in [-0.05, 0) is 24.3 Å². The number of nitrogens with zero attached hydrogens (tertiary/aromatic N) is 1. The number of phenolic OH excluding ortho intramolecular Hbond substituents is 1. The van der Waals surface area contributed by atoms with Gasteiger partial charge in [0.1, 0.15) is 22.9 Å². The molecule has 1 aromatic heterocycles. The van der Waals surface area contributed by atoms with Gasteiger partial charge in [-0.3, -0.25) is 0 Å². The van der Waals surface area contributed by atoms with Gasteiger partial charge in [-0.15, -0.1) is 0 Å². The van der Waals surface area contributed by atoms with Gasteiger partial charge in [0.25, 0.3) is 0 Å². The van der Waals surface area contributed by atoms with E-state index in [1.54, 1.807) is 12.1 Å². The van der Waals surface area contributed by atoms with Crippen molar-refractivity contribution >= 4 is 5.97 Å². The summed E-state index contributed by atoms with van der Waals surface area (Å²) < 4.78 is 5.14. The van der Waals surface area contributed by atoms with Gasteiger partial charge >= 0.3 is 5.97 Å². The fourth-order valence-corrected chi connectivity index (χ4v) is 1.59. The Morgan fingerprint density at radius 1 is 1.28 bits per heavy atom. The van der Waals surface area contributed by atoms with Crippen molar-refractivity contribution in [1.29, 1.82) is 0 Å². The van der Waals surface area contributed by atoms with Gasteiger partial charge in [0, 0.05) is 5.56 Å². The number of carbonyl (C=O) groups is 1. The number of carboxylic acid groups (broad SMARTS) is 1. The van der Waals surface area contributed by atoms with Crippen LogP contribution in [0.3, 0.4) is 0 Å². The number of ether oxygens (including phenoxy) is 1. The van der Waals surface area contributed by atoms with Crippen LogP contribution in [-0.2, 0) is 0 Å². The van der Waals surface area contributed by atoms with Crippen LogP contribution >= 0.6 is 0 Å². The highest BCUT2D eigenvalue weighted by molar-refractivity contribution is 5.86. The number of aromatic hydroxyl groups is 1. The van der Waals surface area contributed by atoms with E-state index in [-0.39, 0.29) is 11.4 Å². The monoisotopic (exact) mass is 245 g/mol. The van der Waals surface area contributed by atoms with Gasteiger partial charge in [0.15, 0.2) is 0 Å². The molecule has 5 heteroatoms. The van der Waals surface area contributed by atoms with Crippen LogP contribution < -0.4 is 4.74 Å². The molecule has 5 nitrogen and oxygen atoms in total. The maximum Gasteiger partial charge on any atom is 0.354 e. The number of pyridine rings is 1. The Hall–Kier alpha value is -2.56. The van der Waals surface area contributed by atoms with E-state index in [0.29, 0.717) is 17.0 Å². The minimum absolute atomic E-state index is 0.0749. The summed E-state index contributed by atoms with van der Waals surface area (Å²) in [5.74, 6) is -0.582. The van der Waals surface area contributed by atoms with Crippen molar-refractivity contribution in [3.63, 3.8) is 0 Å². The molecule has 2 rings (SSSR count). The molecule has 1 heterocycles. The van der Waals surface area contributed by atoms with Crippen molar-refractivity contribution < 1.29 is 19.7 Å². The molecule has 18 heavy (non-hydrogen) atoms. The average Bonchev–Trinajstić information content (AvgIpc) is 2.38. The Balaban J connectivity index is 2.60. The predicted octanol–water partition coefficient (Wildman–Crippen LogP) is 2.16. The van der Waals surface area contributed by atoms with Crippen LogP contribution in [0, 0.1) is 0 Å². The molecule has 92 valence electrons. The number of hydrogen-bond donors (Lipinski definition) is 2. The third-order valence-corrected chi connectivity index (χ3v) is 2.42. The summed E-state index contributed by atoms with van der Waals surface area (Å²) in [6, 6.07) is 9.30. The molecule has 2 aromatic rings. The minimum Gasteiger partial charge on any atom is -0.508 e. The number of methoxy groups -OCH3 is 1. The first kappa shape index (κ1) is 11.9. The maximum absolute atomic E-state index is 10.9. The first-order chi connectivity index (χ1) is 8.61. The minimum atomic E-state index is -1.11. The summed E-state index contributed by atoms with van der Waals surface area (Å²) in [5, 5.41) is 18.4. The summed E-state index contributed by atoms with van der Waals surface area (Å²) in [5.41, 5.74) is 0.900. The smallest absolute Gasteiger partial charge is 0.354 e. The Morgan fingerprint density at radius 3 is 2.67 bits per heavy atom. The number of benzene rings is 1. The topological polar surface area (TPSA) is 79.7 Å². The zero-order chi connectivity index (χ0) is 13.1. The fourth-order valence-electron chi connectivity index (χ4n) is 1.59. The second kappa shape index (κ2) is 4.75. The molecule has 0 amide bonds. The molecule has 2 N–H and O–H groups in total. The largest absolute Gasteiger partial charge is 0.508 e. The second-order valence-electron chi connectivity index (χ2n) is 3.60. The van der Waals surface area contributed by atoms with E-state index in [2.05, 4.69) is 4.98 Å². The van der Waals surface area contributed by atoms with E-state index in [4.69, 9.17) is 9.84 Å². The molecule has 0 aliphatic rings. The lowest BCUT2D eigenvalue weighted by Crippen LogP contribution is -2.02. The summed E-state index contributed by atoms with van der Waals surface area (Å²) in [6.45, 7) is 0. The van der Waals surface area contributed by atoms with E-state index in [0.717, 1.165) is 0 Å². The summed E-state index contributed by atoms with van der Waals surface area (Å²) in [4.78, 5) is 14.9. The molecular formula is C13H11NO4. The number of carboxylic acids is 1. The second-order valence-corrected chi connectivity index (χ2v) is 3.60.